The van der Waals surface area contributed by atoms with Gasteiger partial charge < -0.3 is 24.1 Å². The topological polar surface area (TPSA) is 105 Å². The van der Waals surface area contributed by atoms with Gasteiger partial charge in [-0.1, -0.05) is 29.4 Å². The molecule has 180 valence electrons. The van der Waals surface area contributed by atoms with E-state index in [4.69, 9.17) is 25.8 Å². The minimum atomic E-state index is -0.485. The predicted molar refractivity (Wildman–Crippen MR) is 130 cm³/mol. The molecule has 0 unspecified atom stereocenters. The van der Waals surface area contributed by atoms with Crippen molar-refractivity contribution in [3.05, 3.63) is 58.4 Å². The number of rotatable bonds is 10. The van der Waals surface area contributed by atoms with E-state index < -0.39 is 5.97 Å². The number of carbonyl (C=O) groups is 2. The first kappa shape index (κ1) is 25.4. The van der Waals surface area contributed by atoms with E-state index in [-0.39, 0.29) is 24.9 Å². The van der Waals surface area contributed by atoms with Crippen molar-refractivity contribution >= 4 is 40.9 Å². The first-order valence-electron chi connectivity index (χ1n) is 10.4. The summed E-state index contributed by atoms with van der Waals surface area (Å²) in [6, 6.07) is 10.2. The number of ether oxygens (including phenoxy) is 3. The number of anilines is 1. The second-order valence-corrected chi connectivity index (χ2v) is 8.50. The van der Waals surface area contributed by atoms with E-state index in [0.717, 1.165) is 5.56 Å². The van der Waals surface area contributed by atoms with Crippen molar-refractivity contribution in [1.29, 1.82) is 0 Å². The molecule has 0 fully saturated rings. The van der Waals surface area contributed by atoms with Gasteiger partial charge in [0, 0.05) is 7.05 Å². The maximum absolute atomic E-state index is 12.5. The molecule has 3 aromatic rings. The number of benzene rings is 2. The van der Waals surface area contributed by atoms with Crippen molar-refractivity contribution in [2.24, 2.45) is 7.05 Å². The summed E-state index contributed by atoms with van der Waals surface area (Å²) in [6.45, 7) is 4.13. The smallest absolute Gasteiger partial charge is 0.338 e. The highest BCUT2D eigenvalue weighted by molar-refractivity contribution is 7.99. The number of thioether (sulfide) groups is 1. The molecule has 0 spiro atoms. The number of hydrogen-bond donors (Lipinski definition) is 1. The van der Waals surface area contributed by atoms with E-state index in [1.54, 1.807) is 31.7 Å². The fourth-order valence-corrected chi connectivity index (χ4v) is 3.81. The molecule has 0 aliphatic rings. The van der Waals surface area contributed by atoms with Crippen molar-refractivity contribution < 1.29 is 23.8 Å². The molecule has 0 aliphatic carbocycles. The summed E-state index contributed by atoms with van der Waals surface area (Å²) in [7, 11) is 3.38. The first-order chi connectivity index (χ1) is 16.3. The molecule has 1 amide bonds. The van der Waals surface area contributed by atoms with Crippen LogP contribution in [-0.2, 0) is 23.2 Å². The Labute approximate surface area is 206 Å². The van der Waals surface area contributed by atoms with E-state index in [0.29, 0.717) is 38.8 Å². The summed E-state index contributed by atoms with van der Waals surface area (Å²) < 4.78 is 17.9. The van der Waals surface area contributed by atoms with Crippen LogP contribution in [0, 0.1) is 6.92 Å². The number of hydrogen-bond acceptors (Lipinski definition) is 8. The van der Waals surface area contributed by atoms with E-state index in [2.05, 4.69) is 15.5 Å². The summed E-state index contributed by atoms with van der Waals surface area (Å²) in [5, 5.41) is 11.9. The van der Waals surface area contributed by atoms with Crippen LogP contribution in [0.2, 0.25) is 5.02 Å². The standard InChI is InChI=1S/C23H25ClN4O5S/c1-5-32-22(30)15-7-8-16(24)17(11-15)25-21(29)13-34-23-27-26-20(28(23)3)12-33-18-9-6-14(2)10-19(18)31-4/h6-11H,5,12-13H2,1-4H3,(H,25,29). The van der Waals surface area contributed by atoms with Gasteiger partial charge in [-0.25, -0.2) is 4.79 Å². The number of aryl methyl sites for hydroxylation is 1. The fourth-order valence-electron chi connectivity index (χ4n) is 2.91. The molecular weight excluding hydrogens is 480 g/mol. The lowest BCUT2D eigenvalue weighted by molar-refractivity contribution is -0.113. The molecule has 0 saturated carbocycles. The van der Waals surface area contributed by atoms with Gasteiger partial charge in [0.05, 0.1) is 35.7 Å². The molecule has 3 rings (SSSR count). The molecule has 1 N–H and O–H groups in total. The van der Waals surface area contributed by atoms with E-state index >= 15 is 0 Å². The quantitative estimate of drug-likeness (QED) is 0.322. The highest BCUT2D eigenvalue weighted by atomic mass is 35.5. The second-order valence-electron chi connectivity index (χ2n) is 7.15. The van der Waals surface area contributed by atoms with Crippen molar-refractivity contribution in [2.45, 2.75) is 25.6 Å². The predicted octanol–water partition coefficient (Wildman–Crippen LogP) is 4.27. The molecule has 0 aliphatic heterocycles. The normalized spacial score (nSPS) is 10.6. The number of carbonyl (C=O) groups excluding carboxylic acids is 2. The Morgan fingerprint density at radius 1 is 1.15 bits per heavy atom. The number of esters is 1. The maximum Gasteiger partial charge on any atom is 0.338 e. The first-order valence-corrected chi connectivity index (χ1v) is 11.7. The number of halogens is 1. The highest BCUT2D eigenvalue weighted by Crippen LogP contribution is 2.29. The van der Waals surface area contributed by atoms with E-state index in [1.165, 1.54) is 23.9 Å². The lowest BCUT2D eigenvalue weighted by atomic mass is 10.2. The summed E-state index contributed by atoms with van der Waals surface area (Å²) in [4.78, 5) is 24.4. The third-order valence-corrected chi connectivity index (χ3v) is 6.03. The lowest BCUT2D eigenvalue weighted by Gasteiger charge is -2.11. The van der Waals surface area contributed by atoms with Gasteiger partial charge in [0.25, 0.3) is 0 Å². The molecule has 0 radical (unpaired) electrons. The molecule has 11 heteroatoms. The van der Waals surface area contributed by atoms with Crippen LogP contribution in [0.5, 0.6) is 11.5 Å². The monoisotopic (exact) mass is 504 g/mol. The third kappa shape index (κ3) is 6.42. The molecule has 2 aromatic carbocycles. The Morgan fingerprint density at radius 2 is 1.94 bits per heavy atom. The highest BCUT2D eigenvalue weighted by Gasteiger charge is 2.15. The minimum absolute atomic E-state index is 0.0680. The molecule has 0 saturated heterocycles. The third-order valence-electron chi connectivity index (χ3n) is 4.68. The Bertz CT molecular complexity index is 1180. The molecular formula is C23H25ClN4O5S. The Balaban J connectivity index is 1.58. The van der Waals surface area contributed by atoms with Crippen LogP contribution in [0.25, 0.3) is 0 Å². The Hall–Kier alpha value is -3.24. The molecule has 9 nitrogen and oxygen atoms in total. The van der Waals surface area contributed by atoms with Gasteiger partial charge in [0.2, 0.25) is 5.91 Å². The van der Waals surface area contributed by atoms with E-state index in [9.17, 15) is 9.59 Å². The van der Waals surface area contributed by atoms with Gasteiger partial charge in [-0.3, -0.25) is 4.79 Å². The molecule has 1 heterocycles. The van der Waals surface area contributed by atoms with Gasteiger partial charge >= 0.3 is 5.97 Å². The van der Waals surface area contributed by atoms with E-state index in [1.807, 2.05) is 25.1 Å². The maximum atomic E-state index is 12.5. The van der Waals surface area contributed by atoms with Crippen LogP contribution < -0.4 is 14.8 Å². The van der Waals surface area contributed by atoms with Crippen molar-refractivity contribution in [3.63, 3.8) is 0 Å². The number of nitrogens with zero attached hydrogens (tertiary/aromatic N) is 3. The zero-order chi connectivity index (χ0) is 24.7. The zero-order valence-electron chi connectivity index (χ0n) is 19.3. The van der Waals surface area contributed by atoms with Crippen LogP contribution in [0.3, 0.4) is 0 Å². The van der Waals surface area contributed by atoms with Crippen LogP contribution in [0.4, 0.5) is 5.69 Å². The zero-order valence-corrected chi connectivity index (χ0v) is 20.8. The summed E-state index contributed by atoms with van der Waals surface area (Å²) in [5.41, 5.74) is 1.70. The van der Waals surface area contributed by atoms with Gasteiger partial charge in [-0.15, -0.1) is 10.2 Å². The second kappa shape index (κ2) is 11.8. The minimum Gasteiger partial charge on any atom is -0.493 e. The Kier molecular flexibility index (Phi) is 8.78. The molecule has 34 heavy (non-hydrogen) atoms. The average Bonchev–Trinajstić information content (AvgIpc) is 3.17. The van der Waals surface area contributed by atoms with Gasteiger partial charge in [0.15, 0.2) is 22.5 Å². The summed E-state index contributed by atoms with van der Waals surface area (Å²) in [6.07, 6.45) is 0. The number of aromatic nitrogens is 3. The van der Waals surface area contributed by atoms with Crippen molar-refractivity contribution in [1.82, 2.24) is 14.8 Å². The molecule has 0 bridgehead atoms. The molecule has 0 atom stereocenters. The van der Waals surface area contributed by atoms with Crippen LogP contribution in [0.1, 0.15) is 28.7 Å². The Morgan fingerprint density at radius 3 is 2.68 bits per heavy atom. The summed E-state index contributed by atoms with van der Waals surface area (Å²) in [5.74, 6) is 1.11. The van der Waals surface area contributed by atoms with Crippen molar-refractivity contribution in [3.8, 4) is 11.5 Å². The largest absolute Gasteiger partial charge is 0.493 e. The SMILES string of the molecule is CCOC(=O)c1ccc(Cl)c(NC(=O)CSc2nnc(COc3ccc(C)cc3OC)n2C)c1. The number of methoxy groups -OCH3 is 1. The van der Waals surface area contributed by atoms with Crippen molar-refractivity contribution in [2.75, 3.05) is 24.8 Å². The lowest BCUT2D eigenvalue weighted by Crippen LogP contribution is -2.15. The molecule has 1 aromatic heterocycles. The van der Waals surface area contributed by atoms with Gasteiger partial charge in [-0.05, 0) is 49.7 Å². The van der Waals surface area contributed by atoms with Crippen LogP contribution in [0.15, 0.2) is 41.6 Å². The average molecular weight is 505 g/mol. The fraction of sp³-hybridized carbons (Fsp3) is 0.304. The van der Waals surface area contributed by atoms with Gasteiger partial charge in [0.1, 0.15) is 6.61 Å². The number of nitrogens with one attached hydrogen (secondary N) is 1. The van der Waals surface area contributed by atoms with Gasteiger partial charge in [-0.2, -0.15) is 0 Å². The van der Waals surface area contributed by atoms with Crippen LogP contribution >= 0.6 is 23.4 Å². The summed E-state index contributed by atoms with van der Waals surface area (Å²) >= 11 is 7.37. The number of amides is 1. The van der Waals surface area contributed by atoms with Crippen LogP contribution in [-0.4, -0.2) is 46.1 Å².